The number of carbonyl (C=O) groups excluding carboxylic acids is 1. The van der Waals surface area contributed by atoms with Gasteiger partial charge in [-0.2, -0.15) is 5.10 Å². The molecular weight excluding hydrogens is 344 g/mol. The standard InChI is InChI=1S/C19H24N6O2/c1-13(26)10-14-12-25(23-20-14)15-6-8-24(9-7-15)19(27)11-18-16-4-2-3-5-17(16)21-22-18/h2-5,12-13,15,26H,6-11H2,1H3,(H,21,22). The van der Waals surface area contributed by atoms with Crippen LogP contribution in [-0.4, -0.2) is 60.3 Å². The molecule has 0 bridgehead atoms. The van der Waals surface area contributed by atoms with Gasteiger partial charge >= 0.3 is 0 Å². The molecule has 8 nitrogen and oxygen atoms in total. The Kier molecular flexibility index (Phi) is 4.89. The Labute approximate surface area is 157 Å². The topological polar surface area (TPSA) is 99.9 Å². The molecule has 142 valence electrons. The number of nitrogens with one attached hydrogen (secondary N) is 1. The number of piperidine rings is 1. The van der Waals surface area contributed by atoms with Crippen LogP contribution < -0.4 is 0 Å². The number of nitrogens with zero attached hydrogens (tertiary/aromatic N) is 5. The van der Waals surface area contributed by atoms with Gasteiger partial charge in [0.25, 0.3) is 0 Å². The summed E-state index contributed by atoms with van der Waals surface area (Å²) in [5.74, 6) is 0.122. The van der Waals surface area contributed by atoms with Crippen LogP contribution in [0, 0.1) is 0 Å². The van der Waals surface area contributed by atoms with Gasteiger partial charge in [0.1, 0.15) is 0 Å². The monoisotopic (exact) mass is 368 g/mol. The Morgan fingerprint density at radius 3 is 2.89 bits per heavy atom. The van der Waals surface area contributed by atoms with Crippen LogP contribution in [0.25, 0.3) is 10.9 Å². The summed E-state index contributed by atoms with van der Waals surface area (Å²) in [5, 5.41) is 26.1. The zero-order valence-electron chi connectivity index (χ0n) is 15.4. The van der Waals surface area contributed by atoms with E-state index >= 15 is 0 Å². The number of likely N-dealkylation sites (tertiary alicyclic amines) is 1. The minimum absolute atomic E-state index is 0.122. The molecule has 27 heavy (non-hydrogen) atoms. The molecule has 1 atom stereocenters. The number of aromatic nitrogens is 5. The Morgan fingerprint density at radius 2 is 2.11 bits per heavy atom. The number of amides is 1. The molecule has 1 fully saturated rings. The predicted molar refractivity (Wildman–Crippen MR) is 100 cm³/mol. The molecule has 0 saturated carbocycles. The molecule has 2 N–H and O–H groups in total. The highest BCUT2D eigenvalue weighted by Crippen LogP contribution is 2.23. The largest absolute Gasteiger partial charge is 0.393 e. The molecule has 0 aliphatic carbocycles. The quantitative estimate of drug-likeness (QED) is 0.711. The van der Waals surface area contributed by atoms with Crippen molar-refractivity contribution in [1.82, 2.24) is 30.1 Å². The zero-order valence-corrected chi connectivity index (χ0v) is 15.4. The molecule has 3 heterocycles. The van der Waals surface area contributed by atoms with Crippen LogP contribution in [0.1, 0.15) is 37.2 Å². The number of aliphatic hydroxyl groups excluding tert-OH is 1. The highest BCUT2D eigenvalue weighted by Gasteiger charge is 2.25. The SMILES string of the molecule is CC(O)Cc1cn(C2CCN(C(=O)Cc3[nH]nc4ccccc34)CC2)nn1. The number of carbonyl (C=O) groups is 1. The fourth-order valence-electron chi connectivity index (χ4n) is 3.68. The summed E-state index contributed by atoms with van der Waals surface area (Å²) < 4.78 is 1.88. The highest BCUT2D eigenvalue weighted by molar-refractivity contribution is 5.87. The lowest BCUT2D eigenvalue weighted by atomic mass is 10.0. The fraction of sp³-hybridized carbons (Fsp3) is 0.474. The van der Waals surface area contributed by atoms with E-state index in [4.69, 9.17) is 0 Å². The maximum absolute atomic E-state index is 12.7. The van der Waals surface area contributed by atoms with Crippen molar-refractivity contribution < 1.29 is 9.90 Å². The second-order valence-electron chi connectivity index (χ2n) is 7.25. The smallest absolute Gasteiger partial charge is 0.228 e. The molecule has 0 spiro atoms. The molecule has 1 amide bonds. The molecular formula is C19H24N6O2. The first-order valence-electron chi connectivity index (χ1n) is 9.38. The molecule has 8 heteroatoms. The minimum atomic E-state index is -0.423. The minimum Gasteiger partial charge on any atom is -0.393 e. The number of H-pyrrole nitrogens is 1. The summed E-state index contributed by atoms with van der Waals surface area (Å²) in [6, 6.07) is 8.08. The molecule has 0 radical (unpaired) electrons. The highest BCUT2D eigenvalue weighted by atomic mass is 16.3. The lowest BCUT2D eigenvalue weighted by Gasteiger charge is -2.31. The third-order valence-corrected chi connectivity index (χ3v) is 5.12. The second-order valence-corrected chi connectivity index (χ2v) is 7.25. The first-order valence-corrected chi connectivity index (χ1v) is 9.38. The molecule has 1 aliphatic heterocycles. The van der Waals surface area contributed by atoms with Gasteiger partial charge in [-0.05, 0) is 25.8 Å². The van der Waals surface area contributed by atoms with E-state index in [1.54, 1.807) is 6.92 Å². The van der Waals surface area contributed by atoms with Gasteiger partial charge in [0.2, 0.25) is 5.91 Å². The van der Waals surface area contributed by atoms with Crippen molar-refractivity contribution in [2.45, 2.75) is 44.8 Å². The molecule has 1 aliphatic rings. The number of fused-ring (bicyclic) bond motifs is 1. The average Bonchev–Trinajstić information content (AvgIpc) is 3.29. The maximum atomic E-state index is 12.7. The number of rotatable bonds is 5. The first kappa shape index (κ1) is 17.7. The van der Waals surface area contributed by atoms with Gasteiger partial charge in [-0.15, -0.1) is 5.10 Å². The lowest BCUT2D eigenvalue weighted by molar-refractivity contribution is -0.131. The molecule has 4 rings (SSSR count). The number of hydrogen-bond acceptors (Lipinski definition) is 5. The van der Waals surface area contributed by atoms with Crippen LogP contribution in [-0.2, 0) is 17.6 Å². The van der Waals surface area contributed by atoms with Crippen molar-refractivity contribution in [3.05, 3.63) is 41.9 Å². The molecule has 1 saturated heterocycles. The average molecular weight is 368 g/mol. The van der Waals surface area contributed by atoms with Crippen LogP contribution in [0.15, 0.2) is 30.5 Å². The molecule has 3 aromatic rings. The summed E-state index contributed by atoms with van der Waals surface area (Å²) in [6.45, 7) is 3.16. The van der Waals surface area contributed by atoms with Crippen molar-refractivity contribution in [1.29, 1.82) is 0 Å². The van der Waals surface area contributed by atoms with E-state index in [1.165, 1.54) is 0 Å². The van der Waals surface area contributed by atoms with E-state index in [0.29, 0.717) is 25.9 Å². The van der Waals surface area contributed by atoms with Gasteiger partial charge in [0.15, 0.2) is 0 Å². The number of aromatic amines is 1. The van der Waals surface area contributed by atoms with Crippen molar-refractivity contribution in [2.24, 2.45) is 0 Å². The lowest BCUT2D eigenvalue weighted by Crippen LogP contribution is -2.40. The van der Waals surface area contributed by atoms with Crippen LogP contribution >= 0.6 is 0 Å². The van der Waals surface area contributed by atoms with E-state index in [9.17, 15) is 9.90 Å². The number of benzene rings is 1. The van der Waals surface area contributed by atoms with Crippen LogP contribution in [0.3, 0.4) is 0 Å². The van der Waals surface area contributed by atoms with Crippen molar-refractivity contribution in [3.8, 4) is 0 Å². The Bertz CT molecular complexity index is 923. The Balaban J connectivity index is 1.34. The fourth-order valence-corrected chi connectivity index (χ4v) is 3.68. The summed E-state index contributed by atoms with van der Waals surface area (Å²) >= 11 is 0. The van der Waals surface area contributed by atoms with E-state index in [-0.39, 0.29) is 11.9 Å². The van der Waals surface area contributed by atoms with Gasteiger partial charge in [-0.3, -0.25) is 9.89 Å². The van der Waals surface area contributed by atoms with Crippen LogP contribution in [0.4, 0.5) is 0 Å². The Morgan fingerprint density at radius 1 is 1.33 bits per heavy atom. The van der Waals surface area contributed by atoms with E-state index < -0.39 is 6.10 Å². The molecule has 1 unspecified atom stereocenters. The van der Waals surface area contributed by atoms with Gasteiger partial charge in [-0.25, -0.2) is 4.68 Å². The summed E-state index contributed by atoms with van der Waals surface area (Å²) in [6.07, 6.45) is 4.04. The van der Waals surface area contributed by atoms with Gasteiger partial charge in [0, 0.05) is 31.1 Å². The van der Waals surface area contributed by atoms with E-state index in [2.05, 4.69) is 20.5 Å². The summed E-state index contributed by atoms with van der Waals surface area (Å²) in [5.41, 5.74) is 2.56. The Hall–Kier alpha value is -2.74. The normalized spacial score (nSPS) is 16.7. The third kappa shape index (κ3) is 3.85. The predicted octanol–water partition coefficient (Wildman–Crippen LogP) is 1.48. The summed E-state index contributed by atoms with van der Waals surface area (Å²) in [4.78, 5) is 14.6. The first-order chi connectivity index (χ1) is 13.1. The van der Waals surface area contributed by atoms with Crippen molar-refractivity contribution in [3.63, 3.8) is 0 Å². The number of hydrogen-bond donors (Lipinski definition) is 2. The maximum Gasteiger partial charge on any atom is 0.228 e. The van der Waals surface area contributed by atoms with Crippen LogP contribution in [0.2, 0.25) is 0 Å². The van der Waals surface area contributed by atoms with E-state index in [0.717, 1.165) is 35.1 Å². The van der Waals surface area contributed by atoms with Gasteiger partial charge in [-0.1, -0.05) is 23.4 Å². The van der Waals surface area contributed by atoms with Crippen molar-refractivity contribution >= 4 is 16.8 Å². The van der Waals surface area contributed by atoms with Gasteiger partial charge < -0.3 is 10.0 Å². The van der Waals surface area contributed by atoms with E-state index in [1.807, 2.05) is 40.0 Å². The molecule has 2 aromatic heterocycles. The summed E-state index contributed by atoms with van der Waals surface area (Å²) in [7, 11) is 0. The van der Waals surface area contributed by atoms with Gasteiger partial charge in [0.05, 0.1) is 35.5 Å². The number of aliphatic hydroxyl groups is 1. The third-order valence-electron chi connectivity index (χ3n) is 5.12. The van der Waals surface area contributed by atoms with Crippen molar-refractivity contribution in [2.75, 3.05) is 13.1 Å². The van der Waals surface area contributed by atoms with Crippen LogP contribution in [0.5, 0.6) is 0 Å². The molecule has 1 aromatic carbocycles. The number of para-hydroxylation sites is 1. The zero-order chi connectivity index (χ0) is 18.8. The second kappa shape index (κ2) is 7.48.